The smallest absolute Gasteiger partial charge is 0.253 e. The van der Waals surface area contributed by atoms with Crippen LogP contribution in [0, 0.1) is 0 Å². The standard InChI is InChI=1S/C14H18N4O2S/c1-20-7-6-16-9-10-2-4-11(5-3-10)21-14-17-12(15)8-13(19)18-14/h2-5,8,16H,6-7,9H2,1H3,(H3,15,17,18,19). The first-order valence-electron chi connectivity index (χ1n) is 6.50. The quantitative estimate of drug-likeness (QED) is 0.526. The van der Waals surface area contributed by atoms with E-state index in [0.717, 1.165) is 18.0 Å². The molecule has 1 aromatic carbocycles. The van der Waals surface area contributed by atoms with Gasteiger partial charge in [-0.05, 0) is 17.7 Å². The Balaban J connectivity index is 1.94. The van der Waals surface area contributed by atoms with Crippen molar-refractivity contribution in [3.8, 4) is 0 Å². The predicted molar refractivity (Wildman–Crippen MR) is 83.4 cm³/mol. The van der Waals surface area contributed by atoms with E-state index in [0.29, 0.717) is 11.8 Å². The van der Waals surface area contributed by atoms with E-state index in [-0.39, 0.29) is 11.4 Å². The van der Waals surface area contributed by atoms with Crippen molar-refractivity contribution < 1.29 is 4.74 Å². The molecule has 0 spiro atoms. The molecular formula is C14H18N4O2S. The summed E-state index contributed by atoms with van der Waals surface area (Å²) in [6, 6.07) is 9.31. The van der Waals surface area contributed by atoms with Gasteiger partial charge in [-0.2, -0.15) is 0 Å². The highest BCUT2D eigenvalue weighted by Crippen LogP contribution is 2.24. The molecule has 1 heterocycles. The Morgan fingerprint density at radius 1 is 1.38 bits per heavy atom. The third kappa shape index (κ3) is 5.22. The predicted octanol–water partition coefficient (Wildman–Crippen LogP) is 1.24. The molecule has 0 saturated heterocycles. The number of aromatic nitrogens is 2. The van der Waals surface area contributed by atoms with Crippen molar-refractivity contribution >= 4 is 17.6 Å². The fourth-order valence-corrected chi connectivity index (χ4v) is 2.49. The number of rotatable bonds is 7. The molecule has 0 atom stereocenters. The number of ether oxygens (including phenoxy) is 1. The van der Waals surface area contributed by atoms with Crippen LogP contribution < -0.4 is 16.6 Å². The van der Waals surface area contributed by atoms with Crippen LogP contribution in [0.1, 0.15) is 5.56 Å². The molecule has 0 aliphatic carbocycles. The lowest BCUT2D eigenvalue weighted by Crippen LogP contribution is -2.18. The molecule has 2 rings (SSSR count). The molecule has 0 radical (unpaired) electrons. The van der Waals surface area contributed by atoms with Crippen molar-refractivity contribution in [2.75, 3.05) is 26.0 Å². The van der Waals surface area contributed by atoms with Gasteiger partial charge in [0.25, 0.3) is 5.56 Å². The van der Waals surface area contributed by atoms with Crippen LogP contribution >= 0.6 is 11.8 Å². The first-order chi connectivity index (χ1) is 10.2. The first-order valence-corrected chi connectivity index (χ1v) is 7.32. The molecule has 0 fully saturated rings. The lowest BCUT2D eigenvalue weighted by molar-refractivity contribution is 0.199. The summed E-state index contributed by atoms with van der Waals surface area (Å²) < 4.78 is 4.97. The fourth-order valence-electron chi connectivity index (χ4n) is 1.70. The van der Waals surface area contributed by atoms with Crippen molar-refractivity contribution in [1.29, 1.82) is 0 Å². The number of methoxy groups -OCH3 is 1. The van der Waals surface area contributed by atoms with Crippen molar-refractivity contribution in [2.24, 2.45) is 0 Å². The van der Waals surface area contributed by atoms with Crippen LogP contribution in [0.4, 0.5) is 5.82 Å². The number of hydrogen-bond acceptors (Lipinski definition) is 6. The third-order valence-corrected chi connectivity index (χ3v) is 3.58. The van der Waals surface area contributed by atoms with Crippen molar-refractivity contribution in [2.45, 2.75) is 16.6 Å². The fraction of sp³-hybridized carbons (Fsp3) is 0.286. The monoisotopic (exact) mass is 306 g/mol. The minimum atomic E-state index is -0.246. The van der Waals surface area contributed by atoms with Gasteiger partial charge in [-0.3, -0.25) is 4.79 Å². The molecule has 0 aliphatic rings. The van der Waals surface area contributed by atoms with Crippen LogP contribution in [-0.4, -0.2) is 30.2 Å². The van der Waals surface area contributed by atoms with Gasteiger partial charge in [0.2, 0.25) is 0 Å². The minimum absolute atomic E-state index is 0.222. The average molecular weight is 306 g/mol. The molecule has 4 N–H and O–H groups in total. The number of nitrogens with two attached hydrogens (primary N) is 1. The molecule has 0 amide bonds. The summed E-state index contributed by atoms with van der Waals surface area (Å²) in [5, 5.41) is 3.77. The highest BCUT2D eigenvalue weighted by molar-refractivity contribution is 7.99. The van der Waals surface area contributed by atoms with E-state index in [1.54, 1.807) is 7.11 Å². The van der Waals surface area contributed by atoms with Crippen molar-refractivity contribution in [3.63, 3.8) is 0 Å². The summed E-state index contributed by atoms with van der Waals surface area (Å²) in [7, 11) is 1.68. The largest absolute Gasteiger partial charge is 0.383 e. The maximum absolute atomic E-state index is 11.3. The highest BCUT2D eigenvalue weighted by atomic mass is 32.2. The number of nitrogen functional groups attached to an aromatic ring is 1. The maximum atomic E-state index is 11.3. The Kier molecular flexibility index (Phi) is 5.79. The van der Waals surface area contributed by atoms with E-state index in [2.05, 4.69) is 15.3 Å². The molecule has 0 saturated carbocycles. The summed E-state index contributed by atoms with van der Waals surface area (Å²) in [5.41, 5.74) is 6.49. The van der Waals surface area contributed by atoms with Crippen LogP contribution in [0.15, 0.2) is 45.2 Å². The highest BCUT2D eigenvalue weighted by Gasteiger charge is 2.02. The molecular weight excluding hydrogens is 288 g/mol. The van der Waals surface area contributed by atoms with Gasteiger partial charge in [0.1, 0.15) is 5.82 Å². The first kappa shape index (κ1) is 15.6. The molecule has 112 valence electrons. The van der Waals surface area contributed by atoms with Gasteiger partial charge in [-0.15, -0.1) is 0 Å². The number of nitrogens with one attached hydrogen (secondary N) is 2. The van der Waals surface area contributed by atoms with Gasteiger partial charge in [0, 0.05) is 31.2 Å². The van der Waals surface area contributed by atoms with Gasteiger partial charge in [0.05, 0.1) is 6.61 Å². The number of aromatic amines is 1. The maximum Gasteiger partial charge on any atom is 0.253 e. The number of hydrogen-bond donors (Lipinski definition) is 3. The zero-order chi connectivity index (χ0) is 15.1. The van der Waals surface area contributed by atoms with E-state index < -0.39 is 0 Å². The Morgan fingerprint density at radius 2 is 2.14 bits per heavy atom. The molecule has 21 heavy (non-hydrogen) atoms. The molecule has 7 heteroatoms. The van der Waals surface area contributed by atoms with Crippen LogP contribution in [-0.2, 0) is 11.3 Å². The number of benzene rings is 1. The van der Waals surface area contributed by atoms with Crippen LogP contribution in [0.25, 0.3) is 0 Å². The summed E-state index contributed by atoms with van der Waals surface area (Å²) in [5.74, 6) is 0.222. The molecule has 0 bridgehead atoms. The second-order valence-corrected chi connectivity index (χ2v) is 5.45. The lowest BCUT2D eigenvalue weighted by atomic mass is 10.2. The lowest BCUT2D eigenvalue weighted by Gasteiger charge is -2.06. The SMILES string of the molecule is COCCNCc1ccc(Sc2nc(N)cc(=O)[nH]2)cc1. The number of anilines is 1. The zero-order valence-corrected chi connectivity index (χ0v) is 12.6. The third-order valence-electron chi connectivity index (χ3n) is 2.69. The van der Waals surface area contributed by atoms with E-state index in [1.807, 2.05) is 24.3 Å². The van der Waals surface area contributed by atoms with E-state index >= 15 is 0 Å². The molecule has 2 aromatic rings. The Morgan fingerprint density at radius 3 is 2.81 bits per heavy atom. The van der Waals surface area contributed by atoms with Crippen LogP contribution in [0.5, 0.6) is 0 Å². The molecule has 1 aromatic heterocycles. The van der Waals surface area contributed by atoms with Gasteiger partial charge >= 0.3 is 0 Å². The number of nitrogens with zero attached hydrogens (tertiary/aromatic N) is 1. The molecule has 0 unspecified atom stereocenters. The second kappa shape index (κ2) is 7.82. The van der Waals surface area contributed by atoms with Crippen molar-refractivity contribution in [1.82, 2.24) is 15.3 Å². The van der Waals surface area contributed by atoms with Gasteiger partial charge in [-0.1, -0.05) is 23.9 Å². The summed E-state index contributed by atoms with van der Waals surface area (Å²) in [6.07, 6.45) is 0. The van der Waals surface area contributed by atoms with Gasteiger partial charge in [0.15, 0.2) is 5.16 Å². The van der Waals surface area contributed by atoms with E-state index in [4.69, 9.17) is 10.5 Å². The topological polar surface area (TPSA) is 93.0 Å². The summed E-state index contributed by atoms with van der Waals surface area (Å²) in [4.78, 5) is 19.0. The van der Waals surface area contributed by atoms with Crippen LogP contribution in [0.3, 0.4) is 0 Å². The van der Waals surface area contributed by atoms with Gasteiger partial charge < -0.3 is 20.8 Å². The Hall–Kier alpha value is -1.83. The average Bonchev–Trinajstić information content (AvgIpc) is 2.44. The Bertz CT molecular complexity index is 628. The minimum Gasteiger partial charge on any atom is -0.383 e. The normalized spacial score (nSPS) is 10.7. The van der Waals surface area contributed by atoms with Crippen molar-refractivity contribution in [3.05, 3.63) is 46.2 Å². The summed E-state index contributed by atoms with van der Waals surface area (Å²) in [6.45, 7) is 2.31. The Labute approximate surface area is 127 Å². The summed E-state index contributed by atoms with van der Waals surface area (Å²) >= 11 is 1.37. The molecule has 0 aliphatic heterocycles. The van der Waals surface area contributed by atoms with E-state index in [1.165, 1.54) is 23.4 Å². The number of H-pyrrole nitrogens is 1. The van der Waals surface area contributed by atoms with Crippen LogP contribution in [0.2, 0.25) is 0 Å². The molecule has 6 nitrogen and oxygen atoms in total. The zero-order valence-electron chi connectivity index (χ0n) is 11.8. The van der Waals surface area contributed by atoms with Gasteiger partial charge in [-0.25, -0.2) is 4.98 Å². The van der Waals surface area contributed by atoms with E-state index in [9.17, 15) is 4.79 Å². The second-order valence-electron chi connectivity index (χ2n) is 4.39.